The van der Waals surface area contributed by atoms with Gasteiger partial charge >= 0.3 is 0 Å². The van der Waals surface area contributed by atoms with E-state index < -0.39 is 0 Å². The van der Waals surface area contributed by atoms with Gasteiger partial charge in [-0.15, -0.1) is 5.10 Å². The lowest BCUT2D eigenvalue weighted by Gasteiger charge is -2.28. The van der Waals surface area contributed by atoms with Crippen LogP contribution >= 0.6 is 0 Å². The molecule has 1 aliphatic heterocycles. The topological polar surface area (TPSA) is 74.6 Å². The molecule has 3 aromatic rings. The lowest BCUT2D eigenvalue weighted by atomic mass is 9.93. The Labute approximate surface area is 163 Å². The van der Waals surface area contributed by atoms with E-state index in [4.69, 9.17) is 0 Å². The average Bonchev–Trinajstić information content (AvgIpc) is 3.07. The Balaban J connectivity index is 1.89. The molecule has 0 atom stereocenters. The number of nitrogens with zero attached hydrogens (tertiary/aromatic N) is 6. The first-order valence-corrected chi connectivity index (χ1v) is 9.33. The Bertz CT molecular complexity index is 1090. The van der Waals surface area contributed by atoms with Crippen LogP contribution in [0.1, 0.15) is 20.7 Å². The second-order valence-corrected chi connectivity index (χ2v) is 7.70. The van der Waals surface area contributed by atoms with Crippen molar-refractivity contribution in [2.75, 3.05) is 47.8 Å². The fourth-order valence-corrected chi connectivity index (χ4v) is 3.63. The summed E-state index contributed by atoms with van der Waals surface area (Å²) >= 11 is 0. The molecule has 0 fully saturated rings. The summed E-state index contributed by atoms with van der Waals surface area (Å²) < 4.78 is 1.85. The normalized spacial score (nSPS) is 14.3. The Kier molecular flexibility index (Phi) is 4.60. The van der Waals surface area contributed by atoms with Crippen LogP contribution in [-0.2, 0) is 6.54 Å². The van der Waals surface area contributed by atoms with Gasteiger partial charge in [-0.25, -0.2) is 4.68 Å². The van der Waals surface area contributed by atoms with Crippen molar-refractivity contribution in [1.82, 2.24) is 29.7 Å². The number of carbonyl (C=O) groups is 2. The molecule has 0 saturated heterocycles. The molecular weight excluding hydrogens is 356 g/mol. The van der Waals surface area contributed by atoms with Crippen molar-refractivity contribution >= 4 is 33.6 Å². The van der Waals surface area contributed by atoms with Crippen LogP contribution in [0.25, 0.3) is 21.8 Å². The molecule has 146 valence electrons. The van der Waals surface area contributed by atoms with E-state index in [1.807, 2.05) is 49.9 Å². The Hall–Kier alpha value is -2.84. The molecule has 2 heterocycles. The summed E-state index contributed by atoms with van der Waals surface area (Å²) in [6, 6.07) is 7.37. The average molecular weight is 380 g/mol. The van der Waals surface area contributed by atoms with E-state index in [1.165, 1.54) is 4.90 Å². The Morgan fingerprint density at radius 1 is 0.929 bits per heavy atom. The first-order valence-electron chi connectivity index (χ1n) is 9.33. The number of rotatable bonds is 6. The number of imide groups is 1. The number of aromatic nitrogens is 3. The van der Waals surface area contributed by atoms with Gasteiger partial charge in [-0.3, -0.25) is 14.5 Å². The molecule has 8 nitrogen and oxygen atoms in total. The SMILES string of the molecule is CN(C)CCN1C(=O)c2cccc3c2c(cc2nnn(CCN(C)C)c23)C1=O. The largest absolute Gasteiger partial charge is 0.308 e. The highest BCUT2D eigenvalue weighted by atomic mass is 16.2. The summed E-state index contributed by atoms with van der Waals surface area (Å²) in [6.07, 6.45) is 0. The fraction of sp³-hybridized carbons (Fsp3) is 0.400. The van der Waals surface area contributed by atoms with E-state index in [0.717, 1.165) is 17.4 Å². The van der Waals surface area contributed by atoms with Gasteiger partial charge < -0.3 is 9.80 Å². The molecule has 0 N–H and O–H groups in total. The van der Waals surface area contributed by atoms with Crippen LogP contribution in [0.5, 0.6) is 0 Å². The molecule has 1 aromatic heterocycles. The quantitative estimate of drug-likeness (QED) is 0.600. The number of likely N-dealkylation sites (N-methyl/N-ethyl adjacent to an activating group) is 2. The van der Waals surface area contributed by atoms with Crippen molar-refractivity contribution in [2.45, 2.75) is 6.54 Å². The van der Waals surface area contributed by atoms with Gasteiger partial charge in [-0.2, -0.15) is 0 Å². The fourth-order valence-electron chi connectivity index (χ4n) is 3.63. The van der Waals surface area contributed by atoms with Gasteiger partial charge in [-0.05, 0) is 40.3 Å². The van der Waals surface area contributed by atoms with Gasteiger partial charge in [0.1, 0.15) is 5.52 Å². The van der Waals surface area contributed by atoms with Crippen molar-refractivity contribution in [2.24, 2.45) is 0 Å². The van der Waals surface area contributed by atoms with Crippen molar-refractivity contribution in [3.05, 3.63) is 35.4 Å². The summed E-state index contributed by atoms with van der Waals surface area (Å²) in [5.74, 6) is -0.503. The van der Waals surface area contributed by atoms with Crippen molar-refractivity contribution < 1.29 is 9.59 Å². The van der Waals surface area contributed by atoms with Crippen molar-refractivity contribution in [1.29, 1.82) is 0 Å². The van der Waals surface area contributed by atoms with E-state index >= 15 is 0 Å². The third-order valence-corrected chi connectivity index (χ3v) is 5.11. The van der Waals surface area contributed by atoms with Crippen LogP contribution < -0.4 is 0 Å². The zero-order chi connectivity index (χ0) is 20.0. The molecule has 0 spiro atoms. The lowest BCUT2D eigenvalue weighted by Crippen LogP contribution is -2.43. The minimum absolute atomic E-state index is 0.239. The zero-order valence-electron chi connectivity index (χ0n) is 16.6. The van der Waals surface area contributed by atoms with Crippen LogP contribution in [0.15, 0.2) is 24.3 Å². The molecule has 8 heteroatoms. The first-order chi connectivity index (χ1) is 13.4. The molecule has 0 saturated carbocycles. The number of hydrogen-bond donors (Lipinski definition) is 0. The first kappa shape index (κ1) is 18.5. The van der Waals surface area contributed by atoms with E-state index in [2.05, 4.69) is 15.2 Å². The van der Waals surface area contributed by atoms with Gasteiger partial charge in [0.2, 0.25) is 0 Å². The molecule has 0 aliphatic carbocycles. The van der Waals surface area contributed by atoms with Crippen LogP contribution in [0.3, 0.4) is 0 Å². The molecule has 2 amide bonds. The molecule has 1 aliphatic rings. The van der Waals surface area contributed by atoms with E-state index in [-0.39, 0.29) is 11.8 Å². The minimum atomic E-state index is -0.264. The predicted molar refractivity (Wildman–Crippen MR) is 108 cm³/mol. The maximum absolute atomic E-state index is 13.1. The number of carbonyl (C=O) groups excluding carboxylic acids is 2. The van der Waals surface area contributed by atoms with Gasteiger partial charge in [0.05, 0.1) is 17.6 Å². The van der Waals surface area contributed by atoms with Crippen LogP contribution in [0.4, 0.5) is 0 Å². The highest BCUT2D eigenvalue weighted by Gasteiger charge is 2.34. The smallest absolute Gasteiger partial charge is 0.261 e. The van der Waals surface area contributed by atoms with Crippen LogP contribution in [0, 0.1) is 0 Å². The molecule has 28 heavy (non-hydrogen) atoms. The molecule has 2 aromatic carbocycles. The second kappa shape index (κ2) is 6.96. The van der Waals surface area contributed by atoms with Crippen molar-refractivity contribution in [3.8, 4) is 0 Å². The summed E-state index contributed by atoms with van der Waals surface area (Å²) in [5, 5.41) is 10.1. The van der Waals surface area contributed by atoms with Crippen molar-refractivity contribution in [3.63, 3.8) is 0 Å². The highest BCUT2D eigenvalue weighted by molar-refractivity contribution is 6.28. The number of benzene rings is 2. The lowest BCUT2D eigenvalue weighted by molar-refractivity contribution is 0.0601. The van der Waals surface area contributed by atoms with Gasteiger partial charge in [0, 0.05) is 36.0 Å². The maximum Gasteiger partial charge on any atom is 0.261 e. The van der Waals surface area contributed by atoms with Gasteiger partial charge in [-0.1, -0.05) is 17.3 Å². The molecular formula is C20H24N6O2. The summed E-state index contributed by atoms with van der Waals surface area (Å²) in [5.41, 5.74) is 2.63. The summed E-state index contributed by atoms with van der Waals surface area (Å²) in [7, 11) is 7.85. The highest BCUT2D eigenvalue weighted by Crippen LogP contribution is 2.34. The van der Waals surface area contributed by atoms with Gasteiger partial charge in [0.25, 0.3) is 11.8 Å². The molecule has 4 rings (SSSR count). The minimum Gasteiger partial charge on any atom is -0.308 e. The van der Waals surface area contributed by atoms with Gasteiger partial charge in [0.15, 0.2) is 0 Å². The third kappa shape index (κ3) is 2.94. The Morgan fingerprint density at radius 3 is 2.32 bits per heavy atom. The predicted octanol–water partition coefficient (Wildman–Crippen LogP) is 1.30. The van der Waals surface area contributed by atoms with Crippen LogP contribution in [0.2, 0.25) is 0 Å². The Morgan fingerprint density at radius 2 is 1.61 bits per heavy atom. The van der Waals surface area contributed by atoms with E-state index in [9.17, 15) is 9.59 Å². The van der Waals surface area contributed by atoms with E-state index in [0.29, 0.717) is 41.7 Å². The summed E-state index contributed by atoms with van der Waals surface area (Å²) in [4.78, 5) is 31.5. The second-order valence-electron chi connectivity index (χ2n) is 7.70. The van der Waals surface area contributed by atoms with E-state index in [1.54, 1.807) is 12.1 Å². The third-order valence-electron chi connectivity index (χ3n) is 5.11. The molecule has 0 unspecified atom stereocenters. The summed E-state index contributed by atoms with van der Waals surface area (Å²) in [6.45, 7) is 2.47. The maximum atomic E-state index is 13.1. The van der Waals surface area contributed by atoms with Crippen LogP contribution in [-0.4, -0.2) is 89.3 Å². The zero-order valence-corrected chi connectivity index (χ0v) is 16.6. The monoisotopic (exact) mass is 380 g/mol. The molecule has 0 bridgehead atoms. The molecule has 0 radical (unpaired) electrons. The number of hydrogen-bond acceptors (Lipinski definition) is 6. The number of fused-ring (bicyclic) bond motifs is 2. The number of amides is 2. The standard InChI is InChI=1S/C20H24N6O2/c1-23(2)8-10-25-19(27)14-7-5-6-13-17(14)15(20(25)28)12-16-18(13)26(22-21-16)11-9-24(3)4/h5-7,12H,8-11H2,1-4H3.